The van der Waals surface area contributed by atoms with E-state index in [0.717, 1.165) is 0 Å². The van der Waals surface area contributed by atoms with Crippen molar-refractivity contribution in [2.24, 2.45) is 0 Å². The lowest BCUT2D eigenvalue weighted by molar-refractivity contribution is 0.175. The Bertz CT molecular complexity index is 275. The van der Waals surface area contributed by atoms with Gasteiger partial charge in [0.1, 0.15) is 5.75 Å². The summed E-state index contributed by atoms with van der Waals surface area (Å²) in [5.74, 6) is 0.181. The van der Waals surface area contributed by atoms with Crippen LogP contribution in [-0.4, -0.2) is 6.22 Å². The Morgan fingerprint density at radius 1 is 1.45 bits per heavy atom. The minimum Gasteiger partial charge on any atom is -0.400 e. The summed E-state index contributed by atoms with van der Waals surface area (Å²) < 4.78 is 16.4. The summed E-state index contributed by atoms with van der Waals surface area (Å²) in [5.41, 5.74) is 0. The quantitative estimate of drug-likeness (QED) is 0.678. The number of rotatable bonds is 1. The molecule has 1 rings (SSSR count). The lowest BCUT2D eigenvalue weighted by Crippen LogP contribution is -1.97. The standard InChI is InChI=1S/C7H4BrFO2/c8-5-3-1-2-4-6(5)11-7(9)10/h1-4H. The van der Waals surface area contributed by atoms with Gasteiger partial charge in [-0.25, -0.2) is 4.79 Å². The number of carbonyl (C=O) groups is 1. The number of hydrogen-bond acceptors (Lipinski definition) is 2. The Morgan fingerprint density at radius 2 is 2.09 bits per heavy atom. The van der Waals surface area contributed by atoms with E-state index in [2.05, 4.69) is 20.7 Å². The van der Waals surface area contributed by atoms with Crippen LogP contribution in [0, 0.1) is 0 Å². The van der Waals surface area contributed by atoms with Gasteiger partial charge in [-0.05, 0) is 28.1 Å². The second kappa shape index (κ2) is 3.48. The molecule has 0 aliphatic carbocycles. The van der Waals surface area contributed by atoms with Gasteiger partial charge < -0.3 is 4.74 Å². The highest BCUT2D eigenvalue weighted by atomic mass is 79.9. The Morgan fingerprint density at radius 3 is 2.64 bits per heavy atom. The first kappa shape index (κ1) is 8.20. The van der Waals surface area contributed by atoms with Gasteiger partial charge in [-0.3, -0.25) is 0 Å². The van der Waals surface area contributed by atoms with Crippen LogP contribution in [0.2, 0.25) is 0 Å². The molecule has 11 heavy (non-hydrogen) atoms. The third-order valence-electron chi connectivity index (χ3n) is 1.03. The maximum absolute atomic E-state index is 11.7. The summed E-state index contributed by atoms with van der Waals surface area (Å²) in [6.07, 6.45) is -1.81. The molecule has 0 unspecified atom stereocenters. The number of para-hydroxylation sites is 1. The molecule has 0 spiro atoms. The predicted octanol–water partition coefficient (Wildman–Crippen LogP) is 2.92. The van der Waals surface area contributed by atoms with Crippen LogP contribution in [0.15, 0.2) is 28.7 Å². The fourth-order valence-corrected chi connectivity index (χ4v) is 0.980. The number of ether oxygens (including phenoxy) is 1. The van der Waals surface area contributed by atoms with Crippen molar-refractivity contribution in [1.82, 2.24) is 0 Å². The predicted molar refractivity (Wildman–Crippen MR) is 41.3 cm³/mol. The monoisotopic (exact) mass is 218 g/mol. The van der Waals surface area contributed by atoms with E-state index in [0.29, 0.717) is 4.47 Å². The molecule has 0 atom stereocenters. The van der Waals surface area contributed by atoms with Crippen LogP contribution in [0.3, 0.4) is 0 Å². The summed E-state index contributed by atoms with van der Waals surface area (Å²) >= 11 is 3.08. The fourth-order valence-electron chi connectivity index (χ4n) is 0.614. The smallest absolute Gasteiger partial charge is 0.400 e. The molecule has 0 saturated carbocycles. The zero-order valence-corrected chi connectivity index (χ0v) is 6.97. The molecule has 0 aromatic heterocycles. The average Bonchev–Trinajstić information content (AvgIpc) is 1.93. The first-order chi connectivity index (χ1) is 5.20. The van der Waals surface area contributed by atoms with Gasteiger partial charge in [0.25, 0.3) is 0 Å². The second-order valence-corrected chi connectivity index (χ2v) is 2.62. The van der Waals surface area contributed by atoms with Crippen LogP contribution in [0.4, 0.5) is 9.18 Å². The molecule has 0 radical (unpaired) electrons. The fraction of sp³-hybridized carbons (Fsp3) is 0. The van der Waals surface area contributed by atoms with Crippen molar-refractivity contribution in [2.75, 3.05) is 0 Å². The Balaban J connectivity index is 2.86. The summed E-state index contributed by atoms with van der Waals surface area (Å²) in [7, 11) is 0. The van der Waals surface area contributed by atoms with Crippen molar-refractivity contribution in [3.63, 3.8) is 0 Å². The maximum atomic E-state index is 11.7. The molecule has 0 N–H and O–H groups in total. The first-order valence-electron chi connectivity index (χ1n) is 2.82. The maximum Gasteiger partial charge on any atom is 0.501 e. The third-order valence-corrected chi connectivity index (χ3v) is 1.68. The van der Waals surface area contributed by atoms with Crippen molar-refractivity contribution < 1.29 is 13.9 Å². The topological polar surface area (TPSA) is 26.3 Å². The minimum atomic E-state index is -1.81. The molecule has 0 aliphatic rings. The zero-order chi connectivity index (χ0) is 8.27. The molecule has 58 valence electrons. The van der Waals surface area contributed by atoms with Crippen molar-refractivity contribution in [1.29, 1.82) is 0 Å². The van der Waals surface area contributed by atoms with Gasteiger partial charge in [-0.1, -0.05) is 12.1 Å². The van der Waals surface area contributed by atoms with Crippen LogP contribution < -0.4 is 4.74 Å². The average molecular weight is 219 g/mol. The van der Waals surface area contributed by atoms with E-state index in [1.807, 2.05) is 0 Å². The highest BCUT2D eigenvalue weighted by Gasteiger charge is 2.03. The van der Waals surface area contributed by atoms with Crippen LogP contribution in [0.5, 0.6) is 5.75 Å². The molecule has 0 aliphatic heterocycles. The highest BCUT2D eigenvalue weighted by molar-refractivity contribution is 9.10. The second-order valence-electron chi connectivity index (χ2n) is 1.77. The Labute approximate surface area is 71.1 Å². The number of carbonyl (C=O) groups excluding carboxylic acids is 1. The number of hydrogen-bond donors (Lipinski definition) is 0. The molecule has 2 nitrogen and oxygen atoms in total. The molecule has 4 heteroatoms. The van der Waals surface area contributed by atoms with Crippen molar-refractivity contribution in [2.45, 2.75) is 0 Å². The molecule has 0 fully saturated rings. The summed E-state index contributed by atoms with van der Waals surface area (Å²) in [5, 5.41) is 0. The minimum absolute atomic E-state index is 0.181. The summed E-state index contributed by atoms with van der Waals surface area (Å²) in [6, 6.07) is 6.52. The first-order valence-corrected chi connectivity index (χ1v) is 3.61. The molecule has 0 saturated heterocycles. The lowest BCUT2D eigenvalue weighted by atomic mass is 10.3. The van der Waals surface area contributed by atoms with E-state index >= 15 is 0 Å². The molecule has 1 aromatic carbocycles. The van der Waals surface area contributed by atoms with Gasteiger partial charge in [0.15, 0.2) is 0 Å². The van der Waals surface area contributed by atoms with Crippen LogP contribution in [-0.2, 0) is 0 Å². The van der Waals surface area contributed by atoms with Gasteiger partial charge in [0.05, 0.1) is 4.47 Å². The van der Waals surface area contributed by atoms with E-state index < -0.39 is 6.22 Å². The highest BCUT2D eigenvalue weighted by Crippen LogP contribution is 2.23. The Kier molecular flexibility index (Phi) is 2.59. The summed E-state index contributed by atoms with van der Waals surface area (Å²) in [6.45, 7) is 0. The Hall–Kier alpha value is -0.900. The largest absolute Gasteiger partial charge is 0.501 e. The van der Waals surface area contributed by atoms with E-state index in [1.54, 1.807) is 18.2 Å². The molecular weight excluding hydrogens is 215 g/mol. The zero-order valence-electron chi connectivity index (χ0n) is 5.38. The lowest BCUT2D eigenvalue weighted by Gasteiger charge is -1.99. The summed E-state index contributed by atoms with van der Waals surface area (Å²) in [4.78, 5) is 9.86. The van der Waals surface area contributed by atoms with E-state index in [1.165, 1.54) is 6.07 Å². The van der Waals surface area contributed by atoms with Gasteiger partial charge >= 0.3 is 6.22 Å². The molecule has 1 aromatic rings. The normalized spacial score (nSPS) is 9.27. The molecule has 0 amide bonds. The van der Waals surface area contributed by atoms with E-state index in [4.69, 9.17) is 0 Å². The molecular formula is C7H4BrFO2. The number of halogens is 2. The van der Waals surface area contributed by atoms with Crippen molar-refractivity contribution in [3.8, 4) is 5.75 Å². The number of benzene rings is 1. The van der Waals surface area contributed by atoms with E-state index in [9.17, 15) is 9.18 Å². The van der Waals surface area contributed by atoms with Crippen molar-refractivity contribution >= 4 is 22.2 Å². The van der Waals surface area contributed by atoms with E-state index in [-0.39, 0.29) is 5.75 Å². The third kappa shape index (κ3) is 2.31. The van der Waals surface area contributed by atoms with Gasteiger partial charge in [-0.15, -0.1) is 4.39 Å². The SMILES string of the molecule is O=C(F)Oc1ccccc1Br. The van der Waals surface area contributed by atoms with Gasteiger partial charge in [-0.2, -0.15) is 0 Å². The van der Waals surface area contributed by atoms with Gasteiger partial charge in [0, 0.05) is 0 Å². The van der Waals surface area contributed by atoms with Crippen LogP contribution >= 0.6 is 15.9 Å². The van der Waals surface area contributed by atoms with Gasteiger partial charge in [0.2, 0.25) is 0 Å². The molecule has 0 heterocycles. The van der Waals surface area contributed by atoms with Crippen LogP contribution in [0.1, 0.15) is 0 Å². The molecule has 0 bridgehead atoms. The van der Waals surface area contributed by atoms with Crippen LogP contribution in [0.25, 0.3) is 0 Å². The van der Waals surface area contributed by atoms with Crippen molar-refractivity contribution in [3.05, 3.63) is 28.7 Å².